The Bertz CT molecular complexity index is 874. The number of anilines is 2. The molecule has 0 aliphatic heterocycles. The van der Waals surface area contributed by atoms with Crippen molar-refractivity contribution in [1.29, 1.82) is 0 Å². The number of carboxylic acid groups (broad SMARTS) is 1. The molecule has 2 aromatic carbocycles. The van der Waals surface area contributed by atoms with Crippen LogP contribution in [-0.4, -0.2) is 16.1 Å². The van der Waals surface area contributed by atoms with Gasteiger partial charge in [0, 0.05) is 11.3 Å². The Morgan fingerprint density at radius 1 is 1.26 bits per heavy atom. The van der Waals surface area contributed by atoms with Crippen LogP contribution in [0.25, 0.3) is 11.3 Å². The van der Waals surface area contributed by atoms with Crippen molar-refractivity contribution in [2.45, 2.75) is 6.92 Å². The number of hydrogen-bond donors (Lipinski definition) is 2. The Morgan fingerprint density at radius 2 is 2.09 bits per heavy atom. The van der Waals surface area contributed by atoms with Gasteiger partial charge >= 0.3 is 5.97 Å². The van der Waals surface area contributed by atoms with Gasteiger partial charge in [0.1, 0.15) is 0 Å². The van der Waals surface area contributed by atoms with Crippen LogP contribution < -0.4 is 5.32 Å². The van der Waals surface area contributed by atoms with Crippen molar-refractivity contribution < 1.29 is 14.3 Å². The van der Waals surface area contributed by atoms with E-state index in [1.807, 2.05) is 31.2 Å². The summed E-state index contributed by atoms with van der Waals surface area (Å²) in [5.41, 5.74) is 2.70. The van der Waals surface area contributed by atoms with Gasteiger partial charge in [-0.15, -0.1) is 0 Å². The van der Waals surface area contributed by atoms with Gasteiger partial charge in [-0.3, -0.25) is 0 Å². The van der Waals surface area contributed by atoms with Gasteiger partial charge in [-0.05, 0) is 36.8 Å². The first-order valence-electron chi connectivity index (χ1n) is 6.85. The molecule has 0 unspecified atom stereocenters. The Morgan fingerprint density at radius 3 is 2.78 bits per heavy atom. The molecule has 0 atom stereocenters. The normalized spacial score (nSPS) is 10.5. The smallest absolute Gasteiger partial charge is 0.337 e. The molecular weight excluding hydrogens is 316 g/mol. The summed E-state index contributed by atoms with van der Waals surface area (Å²) in [5, 5.41) is 12.2. The first-order valence-corrected chi connectivity index (χ1v) is 7.23. The van der Waals surface area contributed by atoms with Gasteiger partial charge in [-0.2, -0.15) is 0 Å². The van der Waals surface area contributed by atoms with E-state index in [1.54, 1.807) is 18.3 Å². The van der Waals surface area contributed by atoms with E-state index >= 15 is 0 Å². The third kappa shape index (κ3) is 3.35. The monoisotopic (exact) mass is 328 g/mol. The van der Waals surface area contributed by atoms with E-state index in [2.05, 4.69) is 10.3 Å². The predicted octanol–water partition coefficient (Wildman–Crippen LogP) is 4.75. The Balaban J connectivity index is 1.84. The number of aryl methyl sites for hydroxylation is 1. The lowest BCUT2D eigenvalue weighted by Crippen LogP contribution is -1.96. The van der Waals surface area contributed by atoms with Crippen LogP contribution in [0.1, 0.15) is 15.9 Å². The number of aromatic nitrogens is 1. The molecule has 0 saturated carbocycles. The minimum atomic E-state index is -1.07. The zero-order valence-electron chi connectivity index (χ0n) is 12.2. The zero-order valence-corrected chi connectivity index (χ0v) is 13.0. The highest BCUT2D eigenvalue weighted by Crippen LogP contribution is 2.28. The molecule has 0 fully saturated rings. The fourth-order valence-electron chi connectivity index (χ4n) is 2.15. The van der Waals surface area contributed by atoms with Crippen molar-refractivity contribution in [3.8, 4) is 11.3 Å². The van der Waals surface area contributed by atoms with Crippen molar-refractivity contribution in [2.75, 3.05) is 5.32 Å². The van der Waals surface area contributed by atoms with Crippen molar-refractivity contribution in [3.05, 3.63) is 64.8 Å². The summed E-state index contributed by atoms with van der Waals surface area (Å²) in [6.45, 7) is 2.00. The average Bonchev–Trinajstić information content (AvgIpc) is 2.95. The first kappa shape index (κ1) is 15.1. The van der Waals surface area contributed by atoms with Crippen LogP contribution in [0.4, 0.5) is 11.7 Å². The van der Waals surface area contributed by atoms with Gasteiger partial charge in [0.05, 0.1) is 16.8 Å². The lowest BCUT2D eigenvalue weighted by molar-refractivity contribution is 0.0697. The number of nitrogens with one attached hydrogen (secondary N) is 1. The summed E-state index contributed by atoms with van der Waals surface area (Å²) in [7, 11) is 0. The van der Waals surface area contributed by atoms with E-state index in [-0.39, 0.29) is 10.6 Å². The third-order valence-corrected chi connectivity index (χ3v) is 3.57. The van der Waals surface area contributed by atoms with Crippen molar-refractivity contribution in [1.82, 2.24) is 4.98 Å². The highest BCUT2D eigenvalue weighted by Gasteiger charge is 2.12. The van der Waals surface area contributed by atoms with Gasteiger partial charge in [0.15, 0.2) is 5.76 Å². The highest BCUT2D eigenvalue weighted by atomic mass is 35.5. The zero-order chi connectivity index (χ0) is 16.4. The lowest BCUT2D eigenvalue weighted by Gasteiger charge is -2.03. The molecule has 6 heteroatoms. The number of hydrogen-bond acceptors (Lipinski definition) is 4. The number of benzene rings is 2. The van der Waals surface area contributed by atoms with E-state index in [4.69, 9.17) is 21.1 Å². The Hall–Kier alpha value is -2.79. The van der Waals surface area contributed by atoms with Gasteiger partial charge in [-0.1, -0.05) is 29.8 Å². The number of aromatic carboxylic acids is 1. The second-order valence-electron chi connectivity index (χ2n) is 5.02. The van der Waals surface area contributed by atoms with Gasteiger partial charge in [0.2, 0.25) is 0 Å². The van der Waals surface area contributed by atoms with Crippen molar-refractivity contribution >= 4 is 29.3 Å². The summed E-state index contributed by atoms with van der Waals surface area (Å²) < 4.78 is 5.64. The average molecular weight is 329 g/mol. The summed E-state index contributed by atoms with van der Waals surface area (Å²) in [5.74, 6) is -0.570. The molecule has 0 bridgehead atoms. The molecule has 23 heavy (non-hydrogen) atoms. The molecular formula is C17H13ClN2O3. The largest absolute Gasteiger partial charge is 0.478 e. The molecule has 0 saturated heterocycles. The van der Waals surface area contributed by atoms with Crippen LogP contribution >= 0.6 is 11.6 Å². The fourth-order valence-corrected chi connectivity index (χ4v) is 2.41. The third-order valence-electron chi connectivity index (χ3n) is 3.26. The topological polar surface area (TPSA) is 75.4 Å². The molecule has 0 aliphatic rings. The molecule has 1 heterocycles. The molecule has 3 rings (SSSR count). The standard InChI is InChI=1S/C17H13ClN2O3/c1-10-3-2-4-12(7-10)20-17-19-9-15(23-17)11-5-6-13(16(21)22)14(18)8-11/h2-9H,1H3,(H,19,20)(H,21,22). The molecule has 0 spiro atoms. The maximum atomic E-state index is 11.0. The molecule has 5 nitrogen and oxygen atoms in total. The summed E-state index contributed by atoms with van der Waals surface area (Å²) in [6, 6.07) is 12.8. The molecule has 0 amide bonds. The van der Waals surface area contributed by atoms with Gasteiger partial charge in [-0.25, -0.2) is 9.78 Å². The second-order valence-corrected chi connectivity index (χ2v) is 5.43. The van der Waals surface area contributed by atoms with Gasteiger partial charge in [0.25, 0.3) is 6.01 Å². The quantitative estimate of drug-likeness (QED) is 0.723. The van der Waals surface area contributed by atoms with Crippen LogP contribution in [0.15, 0.2) is 53.1 Å². The highest BCUT2D eigenvalue weighted by molar-refractivity contribution is 6.33. The van der Waals surface area contributed by atoms with Crippen LogP contribution in [0.5, 0.6) is 0 Å². The van der Waals surface area contributed by atoms with E-state index < -0.39 is 5.97 Å². The molecule has 116 valence electrons. The van der Waals surface area contributed by atoms with E-state index in [0.29, 0.717) is 17.3 Å². The summed E-state index contributed by atoms with van der Waals surface area (Å²) in [4.78, 5) is 15.1. The van der Waals surface area contributed by atoms with E-state index in [0.717, 1.165) is 11.3 Å². The van der Waals surface area contributed by atoms with Crippen molar-refractivity contribution in [3.63, 3.8) is 0 Å². The number of nitrogens with zero attached hydrogens (tertiary/aromatic N) is 1. The fraction of sp³-hybridized carbons (Fsp3) is 0.0588. The lowest BCUT2D eigenvalue weighted by atomic mass is 10.1. The molecule has 0 radical (unpaired) electrons. The summed E-state index contributed by atoms with van der Waals surface area (Å²) >= 11 is 5.97. The minimum Gasteiger partial charge on any atom is -0.478 e. The predicted molar refractivity (Wildman–Crippen MR) is 88.4 cm³/mol. The number of rotatable bonds is 4. The molecule has 3 aromatic rings. The van der Waals surface area contributed by atoms with Crippen LogP contribution in [-0.2, 0) is 0 Å². The maximum Gasteiger partial charge on any atom is 0.337 e. The number of halogens is 1. The van der Waals surface area contributed by atoms with E-state index in [1.165, 1.54) is 6.07 Å². The van der Waals surface area contributed by atoms with Crippen LogP contribution in [0.3, 0.4) is 0 Å². The molecule has 0 aliphatic carbocycles. The Labute approximate surface area is 137 Å². The van der Waals surface area contributed by atoms with Crippen molar-refractivity contribution in [2.24, 2.45) is 0 Å². The van der Waals surface area contributed by atoms with Crippen LogP contribution in [0.2, 0.25) is 5.02 Å². The minimum absolute atomic E-state index is 0.0491. The van der Waals surface area contributed by atoms with E-state index in [9.17, 15) is 4.79 Å². The molecule has 1 aromatic heterocycles. The number of oxazole rings is 1. The van der Waals surface area contributed by atoms with Gasteiger partial charge < -0.3 is 14.8 Å². The number of carboxylic acids is 1. The second kappa shape index (κ2) is 6.14. The van der Waals surface area contributed by atoms with Crippen LogP contribution in [0, 0.1) is 6.92 Å². The molecule has 2 N–H and O–H groups in total. The number of carbonyl (C=O) groups is 1. The maximum absolute atomic E-state index is 11.0. The Kier molecular flexibility index (Phi) is 4.04. The summed E-state index contributed by atoms with van der Waals surface area (Å²) in [6.07, 6.45) is 1.56. The first-order chi connectivity index (χ1) is 11.0. The SMILES string of the molecule is Cc1cccc(Nc2ncc(-c3ccc(C(=O)O)c(Cl)c3)o2)c1.